The first kappa shape index (κ1) is 12.4. The molecular weight excluding hydrogens is 253 g/mol. The van der Waals surface area contributed by atoms with Crippen LogP contribution in [0.1, 0.15) is 11.4 Å². The summed E-state index contributed by atoms with van der Waals surface area (Å²) in [6.07, 6.45) is 0. The van der Waals surface area contributed by atoms with Gasteiger partial charge in [0.2, 0.25) is 0 Å². The fourth-order valence-electron chi connectivity index (χ4n) is 1.34. The van der Waals surface area contributed by atoms with Crippen molar-refractivity contribution < 1.29 is 9.13 Å². The lowest BCUT2D eigenvalue weighted by molar-refractivity contribution is 0.409. The lowest BCUT2D eigenvalue weighted by Gasteiger charge is -2.07. The summed E-state index contributed by atoms with van der Waals surface area (Å²) in [6.45, 7) is 1.75. The number of ether oxygens (including phenoxy) is 1. The number of thiocarbonyl (C=S) groups is 1. The second-order valence-corrected chi connectivity index (χ2v) is 4.01. The highest BCUT2D eigenvalue weighted by molar-refractivity contribution is 7.80. The third-order valence-electron chi connectivity index (χ3n) is 2.12. The molecule has 0 aliphatic heterocycles. The highest BCUT2D eigenvalue weighted by Gasteiger charge is 2.09. The largest absolute Gasteiger partial charge is 0.421 e. The normalized spacial score (nSPS) is 10.1. The molecule has 0 saturated carbocycles. The average Bonchev–Trinajstić information content (AvgIpc) is 2.31. The molecule has 0 unspecified atom stereocenters. The predicted octanol–water partition coefficient (Wildman–Crippen LogP) is 2.35. The maximum atomic E-state index is 13.4. The smallest absolute Gasteiger partial charge is 0.322 e. The fraction of sp³-hybridized carbons (Fsp3) is 0.0833. The number of nitrogens with zero attached hydrogens (tertiary/aromatic N) is 2. The quantitative estimate of drug-likeness (QED) is 0.861. The highest BCUT2D eigenvalue weighted by Crippen LogP contribution is 2.21. The van der Waals surface area contributed by atoms with Gasteiger partial charge in [0.15, 0.2) is 11.6 Å². The minimum atomic E-state index is -0.487. The number of aromatic nitrogens is 2. The number of hydrogen-bond donors (Lipinski definition) is 1. The van der Waals surface area contributed by atoms with E-state index in [-0.39, 0.29) is 16.7 Å². The molecule has 2 N–H and O–H groups in total. The van der Waals surface area contributed by atoms with Gasteiger partial charge in [-0.15, -0.1) is 0 Å². The first-order valence-electron chi connectivity index (χ1n) is 5.14. The number of nitrogens with two attached hydrogens (primary N) is 1. The second-order valence-electron chi connectivity index (χ2n) is 3.57. The maximum Gasteiger partial charge on any atom is 0.322 e. The van der Waals surface area contributed by atoms with Crippen LogP contribution in [0.25, 0.3) is 0 Å². The molecular formula is C12H10FN3OS. The molecule has 2 rings (SSSR count). The molecule has 0 bridgehead atoms. The Bertz CT molecular complexity index is 604. The van der Waals surface area contributed by atoms with Crippen LogP contribution in [0.2, 0.25) is 0 Å². The van der Waals surface area contributed by atoms with E-state index in [1.807, 2.05) is 0 Å². The summed E-state index contributed by atoms with van der Waals surface area (Å²) in [5.74, 6) is -0.434. The Morgan fingerprint density at radius 2 is 2.06 bits per heavy atom. The molecule has 0 aliphatic rings. The molecule has 0 radical (unpaired) electrons. The van der Waals surface area contributed by atoms with Gasteiger partial charge in [0, 0.05) is 5.69 Å². The van der Waals surface area contributed by atoms with Crippen LogP contribution in [0.5, 0.6) is 11.8 Å². The van der Waals surface area contributed by atoms with Crippen LogP contribution in [0.4, 0.5) is 4.39 Å². The van der Waals surface area contributed by atoms with Crippen LogP contribution in [0.15, 0.2) is 30.3 Å². The monoisotopic (exact) mass is 263 g/mol. The molecule has 1 aromatic heterocycles. The van der Waals surface area contributed by atoms with Crippen LogP contribution < -0.4 is 10.5 Å². The zero-order valence-corrected chi connectivity index (χ0v) is 10.4. The van der Waals surface area contributed by atoms with E-state index in [0.29, 0.717) is 11.4 Å². The van der Waals surface area contributed by atoms with E-state index in [9.17, 15) is 4.39 Å². The van der Waals surface area contributed by atoms with Gasteiger partial charge in [-0.1, -0.05) is 24.4 Å². The van der Waals surface area contributed by atoms with Gasteiger partial charge in [-0.2, -0.15) is 4.98 Å². The van der Waals surface area contributed by atoms with Crippen molar-refractivity contribution in [2.45, 2.75) is 6.92 Å². The van der Waals surface area contributed by atoms with Gasteiger partial charge in [0.25, 0.3) is 0 Å². The molecule has 0 fully saturated rings. The van der Waals surface area contributed by atoms with Crippen molar-refractivity contribution in [2.75, 3.05) is 0 Å². The van der Waals surface area contributed by atoms with Gasteiger partial charge >= 0.3 is 6.01 Å². The van der Waals surface area contributed by atoms with Gasteiger partial charge in [-0.3, -0.25) is 0 Å². The first-order valence-corrected chi connectivity index (χ1v) is 5.55. The van der Waals surface area contributed by atoms with E-state index in [4.69, 9.17) is 22.7 Å². The van der Waals surface area contributed by atoms with E-state index in [1.165, 1.54) is 12.1 Å². The van der Waals surface area contributed by atoms with E-state index < -0.39 is 5.82 Å². The molecule has 0 saturated heterocycles. The molecule has 92 valence electrons. The van der Waals surface area contributed by atoms with Gasteiger partial charge in [0.05, 0.1) is 0 Å². The van der Waals surface area contributed by atoms with Gasteiger partial charge in [0.1, 0.15) is 10.7 Å². The van der Waals surface area contributed by atoms with Crippen LogP contribution >= 0.6 is 12.2 Å². The Morgan fingerprint density at radius 3 is 2.72 bits per heavy atom. The van der Waals surface area contributed by atoms with E-state index >= 15 is 0 Å². The standard InChI is InChI=1S/C12H10FN3OS/c1-7-6-9(11(14)18)16-12(15-7)17-10-5-3-2-4-8(10)13/h2-6H,1H3,(H2,14,18). The van der Waals surface area contributed by atoms with Crippen LogP contribution in [-0.4, -0.2) is 15.0 Å². The summed E-state index contributed by atoms with van der Waals surface area (Å²) in [4.78, 5) is 8.18. The van der Waals surface area contributed by atoms with E-state index in [1.54, 1.807) is 25.1 Å². The third-order valence-corrected chi connectivity index (χ3v) is 2.33. The number of benzene rings is 1. The molecule has 0 spiro atoms. The topological polar surface area (TPSA) is 61.0 Å². The second kappa shape index (κ2) is 5.05. The molecule has 0 aliphatic carbocycles. The van der Waals surface area contributed by atoms with Gasteiger partial charge in [-0.05, 0) is 25.1 Å². The SMILES string of the molecule is Cc1cc(C(N)=S)nc(Oc2ccccc2F)n1. The van der Waals surface area contributed by atoms with Crippen molar-refractivity contribution >= 4 is 17.2 Å². The molecule has 18 heavy (non-hydrogen) atoms. The van der Waals surface area contributed by atoms with Crippen molar-refractivity contribution in [3.8, 4) is 11.8 Å². The summed E-state index contributed by atoms with van der Waals surface area (Å²) in [5, 5.41) is 0. The summed E-state index contributed by atoms with van der Waals surface area (Å²) < 4.78 is 18.7. The van der Waals surface area contributed by atoms with E-state index in [0.717, 1.165) is 0 Å². The Labute approximate surface area is 109 Å². The molecule has 2 aromatic rings. The van der Waals surface area contributed by atoms with Crippen molar-refractivity contribution in [3.05, 3.63) is 47.5 Å². The molecule has 1 heterocycles. The van der Waals surface area contributed by atoms with Gasteiger partial charge < -0.3 is 10.5 Å². The highest BCUT2D eigenvalue weighted by atomic mass is 32.1. The number of hydrogen-bond acceptors (Lipinski definition) is 4. The Kier molecular flexibility index (Phi) is 3.47. The molecule has 0 amide bonds. The average molecular weight is 263 g/mol. The van der Waals surface area contributed by atoms with Crippen molar-refractivity contribution in [3.63, 3.8) is 0 Å². The van der Waals surface area contributed by atoms with Crippen molar-refractivity contribution in [1.29, 1.82) is 0 Å². The fourth-order valence-corrected chi connectivity index (χ4v) is 1.44. The summed E-state index contributed by atoms with van der Waals surface area (Å²) in [6, 6.07) is 7.66. The lowest BCUT2D eigenvalue weighted by Crippen LogP contribution is -2.13. The summed E-state index contributed by atoms with van der Waals surface area (Å²) >= 11 is 4.83. The van der Waals surface area contributed by atoms with Crippen LogP contribution in [0.3, 0.4) is 0 Å². The number of halogens is 1. The Morgan fingerprint density at radius 1 is 1.33 bits per heavy atom. The Balaban J connectivity index is 2.35. The third kappa shape index (κ3) is 2.78. The zero-order chi connectivity index (χ0) is 13.1. The molecule has 1 aromatic carbocycles. The van der Waals surface area contributed by atoms with Crippen LogP contribution in [0, 0.1) is 12.7 Å². The minimum Gasteiger partial charge on any atom is -0.421 e. The van der Waals surface area contributed by atoms with Gasteiger partial charge in [-0.25, -0.2) is 9.37 Å². The van der Waals surface area contributed by atoms with Crippen molar-refractivity contribution in [1.82, 2.24) is 9.97 Å². The lowest BCUT2D eigenvalue weighted by atomic mass is 10.3. The Hall–Kier alpha value is -2.08. The number of aryl methyl sites for hydroxylation is 1. The summed E-state index contributed by atoms with van der Waals surface area (Å²) in [5.41, 5.74) is 6.52. The first-order chi connectivity index (χ1) is 8.56. The molecule has 0 atom stereocenters. The van der Waals surface area contributed by atoms with Crippen LogP contribution in [-0.2, 0) is 0 Å². The summed E-state index contributed by atoms with van der Waals surface area (Å²) in [7, 11) is 0. The molecule has 4 nitrogen and oxygen atoms in total. The number of para-hydroxylation sites is 1. The minimum absolute atomic E-state index is 0.0166. The predicted molar refractivity (Wildman–Crippen MR) is 69.1 cm³/mol. The zero-order valence-electron chi connectivity index (χ0n) is 9.55. The number of rotatable bonds is 3. The maximum absolute atomic E-state index is 13.4. The molecule has 6 heteroatoms. The van der Waals surface area contributed by atoms with Crippen molar-refractivity contribution in [2.24, 2.45) is 5.73 Å². The van der Waals surface area contributed by atoms with E-state index in [2.05, 4.69) is 9.97 Å².